The number of carboxylic acids is 1. The molecule has 0 bridgehead atoms. The fourth-order valence-electron chi connectivity index (χ4n) is 1.70. The van der Waals surface area contributed by atoms with E-state index in [0.717, 1.165) is 5.76 Å². The highest BCUT2D eigenvalue weighted by atomic mass is 16.4. The number of amides is 2. The molecule has 3 N–H and O–H groups in total. The third-order valence-corrected chi connectivity index (χ3v) is 2.72. The molecule has 0 aromatic carbocycles. The van der Waals surface area contributed by atoms with Gasteiger partial charge >= 0.3 is 12.0 Å². The van der Waals surface area contributed by atoms with Gasteiger partial charge in [0.05, 0.1) is 6.04 Å². The molecule has 0 aliphatic rings. The van der Waals surface area contributed by atoms with Crippen molar-refractivity contribution in [2.24, 2.45) is 0 Å². The fourth-order valence-corrected chi connectivity index (χ4v) is 1.70. The van der Waals surface area contributed by atoms with Crippen LogP contribution in [0.5, 0.6) is 0 Å². The van der Waals surface area contributed by atoms with Gasteiger partial charge in [0, 0.05) is 0 Å². The first-order valence-electron chi connectivity index (χ1n) is 6.30. The van der Waals surface area contributed by atoms with Crippen molar-refractivity contribution in [3.8, 4) is 0 Å². The van der Waals surface area contributed by atoms with Crippen LogP contribution in [0.1, 0.15) is 44.3 Å². The zero-order valence-corrected chi connectivity index (χ0v) is 11.4. The molecule has 0 saturated carbocycles. The maximum atomic E-state index is 11.7. The van der Waals surface area contributed by atoms with Crippen LogP contribution in [0.4, 0.5) is 4.79 Å². The number of aryl methyl sites for hydroxylation is 1. The summed E-state index contributed by atoms with van der Waals surface area (Å²) in [6.07, 6.45) is 1.08. The molecular formula is C13H20N2O4. The molecule has 0 aliphatic heterocycles. The zero-order chi connectivity index (χ0) is 14.4. The molecule has 2 atom stereocenters. The molecule has 1 rings (SSSR count). The first kappa shape index (κ1) is 15.1. The molecule has 0 aliphatic carbocycles. The maximum Gasteiger partial charge on any atom is 0.326 e. The van der Waals surface area contributed by atoms with Crippen LogP contribution in [0, 0.1) is 6.92 Å². The lowest BCUT2D eigenvalue weighted by Gasteiger charge is -2.16. The summed E-state index contributed by atoms with van der Waals surface area (Å²) in [7, 11) is 0. The minimum Gasteiger partial charge on any atom is -0.480 e. The van der Waals surface area contributed by atoms with Crippen molar-refractivity contribution in [3.63, 3.8) is 0 Å². The summed E-state index contributed by atoms with van der Waals surface area (Å²) in [6.45, 7) is 5.45. The Kier molecular flexibility index (Phi) is 5.41. The lowest BCUT2D eigenvalue weighted by atomic mass is 10.2. The quantitative estimate of drug-likeness (QED) is 0.737. The van der Waals surface area contributed by atoms with Crippen molar-refractivity contribution < 1.29 is 19.1 Å². The molecule has 1 aromatic rings. The maximum absolute atomic E-state index is 11.7. The van der Waals surface area contributed by atoms with Crippen LogP contribution in [0.2, 0.25) is 0 Å². The van der Waals surface area contributed by atoms with Crippen LogP contribution in [0.15, 0.2) is 16.5 Å². The number of hydrogen-bond acceptors (Lipinski definition) is 3. The fraction of sp³-hybridized carbons (Fsp3) is 0.538. The van der Waals surface area contributed by atoms with Crippen LogP contribution in [0.25, 0.3) is 0 Å². The predicted octanol–water partition coefficient (Wildman–Crippen LogP) is 2.20. The molecule has 0 radical (unpaired) electrons. The van der Waals surface area contributed by atoms with Crippen LogP contribution in [0.3, 0.4) is 0 Å². The molecule has 0 fully saturated rings. The van der Waals surface area contributed by atoms with E-state index in [9.17, 15) is 9.59 Å². The molecule has 0 saturated heterocycles. The molecule has 1 aromatic heterocycles. The molecule has 19 heavy (non-hydrogen) atoms. The van der Waals surface area contributed by atoms with Gasteiger partial charge in [0.25, 0.3) is 0 Å². The third kappa shape index (κ3) is 4.65. The molecule has 1 unspecified atom stereocenters. The molecule has 106 valence electrons. The second kappa shape index (κ2) is 6.82. The van der Waals surface area contributed by atoms with Gasteiger partial charge in [0.2, 0.25) is 0 Å². The number of rotatable bonds is 6. The van der Waals surface area contributed by atoms with E-state index >= 15 is 0 Å². The van der Waals surface area contributed by atoms with Crippen molar-refractivity contribution in [2.45, 2.75) is 45.7 Å². The van der Waals surface area contributed by atoms with E-state index in [4.69, 9.17) is 9.52 Å². The standard InChI is InChI=1S/C13H20N2O4/c1-4-5-10(12(16)17)15-13(18)14-9(3)11-7-6-8(2)19-11/h6-7,9-10H,4-5H2,1-3H3,(H,16,17)(H2,14,15,18)/t9?,10-/m1/s1. The molecular weight excluding hydrogens is 248 g/mol. The van der Waals surface area contributed by atoms with Gasteiger partial charge in [-0.1, -0.05) is 13.3 Å². The summed E-state index contributed by atoms with van der Waals surface area (Å²) in [4.78, 5) is 22.6. The summed E-state index contributed by atoms with van der Waals surface area (Å²) in [6, 6.07) is 1.89. The Hall–Kier alpha value is -1.98. The van der Waals surface area contributed by atoms with Gasteiger partial charge in [0.1, 0.15) is 17.6 Å². The minimum absolute atomic E-state index is 0.315. The number of furan rings is 1. The van der Waals surface area contributed by atoms with Crippen LogP contribution in [-0.4, -0.2) is 23.1 Å². The second-order valence-electron chi connectivity index (χ2n) is 4.47. The SMILES string of the molecule is CCC[C@@H](NC(=O)NC(C)c1ccc(C)o1)C(=O)O. The number of carbonyl (C=O) groups excluding carboxylic acids is 1. The van der Waals surface area contributed by atoms with E-state index in [1.165, 1.54) is 0 Å². The van der Waals surface area contributed by atoms with Crippen molar-refractivity contribution in [3.05, 3.63) is 23.7 Å². The number of urea groups is 1. The summed E-state index contributed by atoms with van der Waals surface area (Å²) in [5, 5.41) is 14.0. The van der Waals surface area contributed by atoms with Gasteiger partial charge in [-0.25, -0.2) is 9.59 Å². The van der Waals surface area contributed by atoms with E-state index in [-0.39, 0.29) is 6.04 Å². The Balaban J connectivity index is 2.52. The normalized spacial score (nSPS) is 13.6. The average molecular weight is 268 g/mol. The van der Waals surface area contributed by atoms with Gasteiger partial charge in [-0.05, 0) is 32.4 Å². The summed E-state index contributed by atoms with van der Waals surface area (Å²) >= 11 is 0. The first-order valence-corrected chi connectivity index (χ1v) is 6.30. The Morgan fingerprint density at radius 2 is 2.05 bits per heavy atom. The molecule has 2 amide bonds. The highest BCUT2D eigenvalue weighted by Gasteiger charge is 2.20. The minimum atomic E-state index is -1.03. The van der Waals surface area contributed by atoms with Crippen molar-refractivity contribution in [2.75, 3.05) is 0 Å². The topological polar surface area (TPSA) is 91.6 Å². The van der Waals surface area contributed by atoms with Gasteiger partial charge in [-0.3, -0.25) is 0 Å². The number of aliphatic carboxylic acids is 1. The van der Waals surface area contributed by atoms with Gasteiger partial charge in [-0.15, -0.1) is 0 Å². The second-order valence-corrected chi connectivity index (χ2v) is 4.47. The number of nitrogens with one attached hydrogen (secondary N) is 2. The first-order chi connectivity index (χ1) is 8.93. The van der Waals surface area contributed by atoms with Gasteiger partial charge in [-0.2, -0.15) is 0 Å². The van der Waals surface area contributed by atoms with E-state index in [1.807, 2.05) is 19.9 Å². The number of hydrogen-bond donors (Lipinski definition) is 3. The third-order valence-electron chi connectivity index (χ3n) is 2.72. The van der Waals surface area contributed by atoms with Gasteiger partial charge in [0.15, 0.2) is 0 Å². The summed E-state index contributed by atoms with van der Waals surface area (Å²) < 4.78 is 5.39. The van der Waals surface area contributed by atoms with Crippen molar-refractivity contribution in [1.82, 2.24) is 10.6 Å². The summed E-state index contributed by atoms with van der Waals surface area (Å²) in [5.41, 5.74) is 0. The Bertz CT molecular complexity index is 442. The number of carboxylic acid groups (broad SMARTS) is 1. The Morgan fingerprint density at radius 3 is 2.53 bits per heavy atom. The number of carbonyl (C=O) groups is 2. The van der Waals surface area contributed by atoms with Crippen molar-refractivity contribution >= 4 is 12.0 Å². The van der Waals surface area contributed by atoms with Gasteiger partial charge < -0.3 is 20.2 Å². The lowest BCUT2D eigenvalue weighted by Crippen LogP contribution is -2.46. The highest BCUT2D eigenvalue weighted by molar-refractivity contribution is 5.82. The Labute approximate surface area is 112 Å². The Morgan fingerprint density at radius 1 is 1.37 bits per heavy atom. The largest absolute Gasteiger partial charge is 0.480 e. The smallest absolute Gasteiger partial charge is 0.326 e. The highest BCUT2D eigenvalue weighted by Crippen LogP contribution is 2.15. The van der Waals surface area contributed by atoms with E-state index < -0.39 is 18.0 Å². The summed E-state index contributed by atoms with van der Waals surface area (Å²) in [5.74, 6) is 0.368. The molecule has 1 heterocycles. The van der Waals surface area contributed by atoms with Crippen LogP contribution >= 0.6 is 0 Å². The predicted molar refractivity (Wildman–Crippen MR) is 69.9 cm³/mol. The lowest BCUT2D eigenvalue weighted by molar-refractivity contribution is -0.139. The van der Waals surface area contributed by atoms with Crippen LogP contribution < -0.4 is 10.6 Å². The van der Waals surface area contributed by atoms with E-state index in [0.29, 0.717) is 18.6 Å². The average Bonchev–Trinajstić information content (AvgIpc) is 2.75. The molecule has 0 spiro atoms. The monoisotopic (exact) mass is 268 g/mol. The molecule has 6 heteroatoms. The van der Waals surface area contributed by atoms with E-state index in [1.54, 1.807) is 13.0 Å². The zero-order valence-electron chi connectivity index (χ0n) is 11.4. The molecule has 6 nitrogen and oxygen atoms in total. The van der Waals surface area contributed by atoms with Crippen LogP contribution in [-0.2, 0) is 4.79 Å². The van der Waals surface area contributed by atoms with Crippen molar-refractivity contribution in [1.29, 1.82) is 0 Å². The van der Waals surface area contributed by atoms with E-state index in [2.05, 4.69) is 10.6 Å².